The fourth-order valence-electron chi connectivity index (χ4n) is 0.509. The van der Waals surface area contributed by atoms with Crippen molar-refractivity contribution in [1.29, 1.82) is 0 Å². The summed E-state index contributed by atoms with van der Waals surface area (Å²) < 4.78 is 12.0. The Bertz CT molecular complexity index is 231. The molecule has 1 amide bonds. The number of amides is 1. The maximum absolute atomic E-state index is 12.0. The van der Waals surface area contributed by atoms with Crippen molar-refractivity contribution < 1.29 is 9.18 Å². The largest absolute Gasteiger partial charge is 0.366 e. The van der Waals surface area contributed by atoms with E-state index in [1.807, 2.05) is 0 Å². The summed E-state index contributed by atoms with van der Waals surface area (Å²) in [6.45, 7) is 0. The Hall–Kier alpha value is -1.32. The third-order valence-electron chi connectivity index (χ3n) is 0.932. The minimum atomic E-state index is -0.629. The molecular weight excluding hydrogens is 123 g/mol. The lowest BCUT2D eigenvalue weighted by Gasteiger charge is -1.80. The van der Waals surface area contributed by atoms with Crippen LogP contribution in [-0.2, 0) is 0 Å². The van der Waals surface area contributed by atoms with Gasteiger partial charge in [-0.05, 0) is 0 Å². The molecule has 0 unspecified atom stereocenters. The zero-order valence-corrected chi connectivity index (χ0v) is 4.52. The van der Waals surface area contributed by atoms with Crippen LogP contribution in [0.15, 0.2) is 12.3 Å². The van der Waals surface area contributed by atoms with Gasteiger partial charge < -0.3 is 10.7 Å². The molecule has 0 fully saturated rings. The number of H-pyrrole nitrogens is 1. The smallest absolute Gasteiger partial charge is 0.250 e. The van der Waals surface area contributed by atoms with Gasteiger partial charge in [0.05, 0.1) is 5.56 Å². The van der Waals surface area contributed by atoms with Gasteiger partial charge in [0.1, 0.15) is 0 Å². The van der Waals surface area contributed by atoms with Crippen LogP contribution in [0.25, 0.3) is 0 Å². The molecule has 9 heavy (non-hydrogen) atoms. The predicted octanol–water partition coefficient (Wildman–Crippen LogP) is 0.253. The molecule has 0 aliphatic rings. The second kappa shape index (κ2) is 1.89. The van der Waals surface area contributed by atoms with Gasteiger partial charge in [0.25, 0.3) is 0 Å². The zero-order valence-electron chi connectivity index (χ0n) is 4.52. The highest BCUT2D eigenvalue weighted by atomic mass is 19.1. The van der Waals surface area contributed by atoms with E-state index in [-0.39, 0.29) is 5.56 Å². The Morgan fingerprint density at radius 3 is 2.67 bits per heavy atom. The number of nitrogens with two attached hydrogens (primary N) is 1. The monoisotopic (exact) mass is 128 g/mol. The number of aromatic amines is 1. The van der Waals surface area contributed by atoms with E-state index in [9.17, 15) is 9.18 Å². The molecular formula is C5H5FN2O. The zero-order chi connectivity index (χ0) is 6.85. The third kappa shape index (κ3) is 1.07. The van der Waals surface area contributed by atoms with E-state index in [1.54, 1.807) is 0 Å². The quantitative estimate of drug-likeness (QED) is 0.559. The normalized spacial score (nSPS) is 9.44. The topological polar surface area (TPSA) is 58.9 Å². The van der Waals surface area contributed by atoms with Gasteiger partial charge in [0.2, 0.25) is 5.91 Å². The van der Waals surface area contributed by atoms with Crippen LogP contribution in [0.1, 0.15) is 10.4 Å². The summed E-state index contributed by atoms with van der Waals surface area (Å²) in [7, 11) is 0. The SMILES string of the molecule is NC(=O)c1c[nH]c(F)c1. The van der Waals surface area contributed by atoms with Crippen LogP contribution in [-0.4, -0.2) is 10.9 Å². The van der Waals surface area contributed by atoms with E-state index < -0.39 is 11.9 Å². The van der Waals surface area contributed by atoms with Crippen molar-refractivity contribution in [3.8, 4) is 0 Å². The maximum Gasteiger partial charge on any atom is 0.250 e. The highest BCUT2D eigenvalue weighted by molar-refractivity contribution is 5.92. The first-order valence-corrected chi connectivity index (χ1v) is 2.34. The molecule has 1 heterocycles. The lowest BCUT2D eigenvalue weighted by molar-refractivity contribution is 0.100. The van der Waals surface area contributed by atoms with Crippen LogP contribution in [0.5, 0.6) is 0 Å². The van der Waals surface area contributed by atoms with Crippen molar-refractivity contribution in [3.63, 3.8) is 0 Å². The standard InChI is InChI=1S/C5H5FN2O/c6-4-1-3(2-8-4)5(7)9/h1-2,8H,(H2,7,9). The fraction of sp³-hybridized carbons (Fsp3) is 0. The molecule has 1 rings (SSSR count). The number of nitrogens with one attached hydrogen (secondary N) is 1. The van der Waals surface area contributed by atoms with E-state index in [2.05, 4.69) is 4.98 Å². The first-order chi connectivity index (χ1) is 4.20. The van der Waals surface area contributed by atoms with Crippen LogP contribution in [0.4, 0.5) is 4.39 Å². The second-order valence-electron chi connectivity index (χ2n) is 1.60. The Kier molecular flexibility index (Phi) is 1.22. The van der Waals surface area contributed by atoms with Crippen molar-refractivity contribution in [2.75, 3.05) is 0 Å². The number of rotatable bonds is 1. The summed E-state index contributed by atoms with van der Waals surface area (Å²) in [5.41, 5.74) is 4.96. The number of primary amides is 1. The van der Waals surface area contributed by atoms with E-state index in [0.29, 0.717) is 0 Å². The van der Waals surface area contributed by atoms with E-state index in [0.717, 1.165) is 6.07 Å². The Morgan fingerprint density at radius 2 is 2.44 bits per heavy atom. The molecule has 0 aromatic carbocycles. The average Bonchev–Trinajstić information content (AvgIpc) is 2.14. The number of aromatic nitrogens is 1. The number of hydrogen-bond acceptors (Lipinski definition) is 1. The predicted molar refractivity (Wildman–Crippen MR) is 29.3 cm³/mol. The summed E-state index contributed by atoms with van der Waals surface area (Å²) in [5.74, 6) is -1.18. The first-order valence-electron chi connectivity index (χ1n) is 2.34. The number of carbonyl (C=O) groups is 1. The van der Waals surface area contributed by atoms with Gasteiger partial charge in [-0.2, -0.15) is 4.39 Å². The summed E-state index contributed by atoms with van der Waals surface area (Å²) in [6, 6.07) is 1.04. The van der Waals surface area contributed by atoms with E-state index in [1.165, 1.54) is 6.20 Å². The highest BCUT2D eigenvalue weighted by Gasteiger charge is 2.01. The molecule has 3 nitrogen and oxygen atoms in total. The molecule has 1 aromatic heterocycles. The van der Waals surface area contributed by atoms with Gasteiger partial charge >= 0.3 is 0 Å². The molecule has 4 heteroatoms. The van der Waals surface area contributed by atoms with Gasteiger partial charge in [0, 0.05) is 12.3 Å². The van der Waals surface area contributed by atoms with Gasteiger partial charge in [-0.3, -0.25) is 4.79 Å². The summed E-state index contributed by atoms with van der Waals surface area (Å²) in [4.78, 5) is 12.4. The molecule has 0 atom stereocenters. The van der Waals surface area contributed by atoms with Gasteiger partial charge in [0.15, 0.2) is 5.95 Å². The van der Waals surface area contributed by atoms with Crippen LogP contribution in [0.3, 0.4) is 0 Å². The summed E-state index contributed by atoms with van der Waals surface area (Å²) in [6.07, 6.45) is 1.22. The molecule has 48 valence electrons. The first kappa shape index (κ1) is 5.81. The number of carbonyl (C=O) groups excluding carboxylic acids is 1. The molecule has 3 N–H and O–H groups in total. The third-order valence-corrected chi connectivity index (χ3v) is 0.932. The van der Waals surface area contributed by atoms with E-state index in [4.69, 9.17) is 5.73 Å². The molecule has 0 bridgehead atoms. The average molecular weight is 128 g/mol. The van der Waals surface area contributed by atoms with Crippen LogP contribution in [0.2, 0.25) is 0 Å². The van der Waals surface area contributed by atoms with Crippen molar-refractivity contribution in [2.24, 2.45) is 5.73 Å². The molecule has 0 saturated carbocycles. The van der Waals surface area contributed by atoms with Gasteiger partial charge in [-0.1, -0.05) is 0 Å². The second-order valence-corrected chi connectivity index (χ2v) is 1.60. The van der Waals surface area contributed by atoms with Crippen LogP contribution in [0, 0.1) is 5.95 Å². The Balaban J connectivity index is 2.98. The highest BCUT2D eigenvalue weighted by Crippen LogP contribution is 1.98. The fourth-order valence-corrected chi connectivity index (χ4v) is 0.509. The van der Waals surface area contributed by atoms with Crippen molar-refractivity contribution in [3.05, 3.63) is 23.8 Å². The molecule has 1 aromatic rings. The number of halogens is 1. The molecule has 0 saturated heterocycles. The maximum atomic E-state index is 12.0. The minimum absolute atomic E-state index is 0.160. The lowest BCUT2D eigenvalue weighted by Crippen LogP contribution is -2.09. The van der Waals surface area contributed by atoms with Gasteiger partial charge in [-0.15, -0.1) is 0 Å². The van der Waals surface area contributed by atoms with Crippen molar-refractivity contribution >= 4 is 5.91 Å². The van der Waals surface area contributed by atoms with Crippen molar-refractivity contribution in [2.45, 2.75) is 0 Å². The van der Waals surface area contributed by atoms with E-state index >= 15 is 0 Å². The summed E-state index contributed by atoms with van der Waals surface area (Å²) in [5, 5.41) is 0. The molecule has 0 spiro atoms. The minimum Gasteiger partial charge on any atom is -0.366 e. The van der Waals surface area contributed by atoms with Crippen LogP contribution < -0.4 is 5.73 Å². The molecule has 0 aliphatic heterocycles. The van der Waals surface area contributed by atoms with Crippen molar-refractivity contribution in [1.82, 2.24) is 4.98 Å². The lowest BCUT2D eigenvalue weighted by atomic mass is 10.3. The Labute approximate surface area is 50.7 Å². The van der Waals surface area contributed by atoms with Gasteiger partial charge in [-0.25, -0.2) is 0 Å². The molecule has 0 radical (unpaired) electrons. The van der Waals surface area contributed by atoms with Crippen LogP contribution >= 0.6 is 0 Å². The Morgan fingerprint density at radius 1 is 1.78 bits per heavy atom. The molecule has 0 aliphatic carbocycles. The summed E-state index contributed by atoms with van der Waals surface area (Å²) >= 11 is 0. The number of hydrogen-bond donors (Lipinski definition) is 2.